The smallest absolute Gasteiger partial charge is 0.257 e. The number of hydrogen-bond donors (Lipinski definition) is 0. The van der Waals surface area contributed by atoms with Crippen molar-refractivity contribution < 1.29 is 14.0 Å². The number of nitrogens with zero attached hydrogens (tertiary/aromatic N) is 4. The van der Waals surface area contributed by atoms with Crippen LogP contribution in [0.4, 0.5) is 0 Å². The van der Waals surface area contributed by atoms with Crippen LogP contribution in [0, 0.1) is 0 Å². The van der Waals surface area contributed by atoms with Crippen molar-refractivity contribution >= 4 is 29.1 Å². The van der Waals surface area contributed by atoms with Crippen LogP contribution in [0.3, 0.4) is 0 Å². The Hall–Kier alpha value is -2.64. The first-order valence-electron chi connectivity index (χ1n) is 9.68. The van der Waals surface area contributed by atoms with E-state index in [0.717, 1.165) is 11.3 Å². The van der Waals surface area contributed by atoms with E-state index in [0.29, 0.717) is 43.4 Å². The van der Waals surface area contributed by atoms with Crippen LogP contribution in [-0.4, -0.2) is 65.1 Å². The van der Waals surface area contributed by atoms with Crippen molar-refractivity contribution in [2.45, 2.75) is 19.4 Å². The zero-order chi connectivity index (χ0) is 20.4. The molecule has 2 aliphatic heterocycles. The van der Waals surface area contributed by atoms with Crippen LogP contribution in [0.25, 0.3) is 0 Å². The van der Waals surface area contributed by atoms with Gasteiger partial charge in [-0.15, -0.1) is 0 Å². The van der Waals surface area contributed by atoms with E-state index < -0.39 is 0 Å². The maximum absolute atomic E-state index is 13.1. The van der Waals surface area contributed by atoms with E-state index in [1.165, 1.54) is 0 Å². The highest BCUT2D eigenvalue weighted by molar-refractivity contribution is 6.30. The largest absolute Gasteiger partial charge is 0.467 e. The maximum atomic E-state index is 13.1. The number of hydrazone groups is 1. The normalized spacial score (nSPS) is 20.1. The molecular formula is C21H23ClN4O3. The van der Waals surface area contributed by atoms with Crippen molar-refractivity contribution in [1.29, 1.82) is 0 Å². The predicted octanol–water partition coefficient (Wildman–Crippen LogP) is 2.77. The van der Waals surface area contributed by atoms with Gasteiger partial charge in [0.1, 0.15) is 11.8 Å². The molecule has 4 rings (SSSR count). The van der Waals surface area contributed by atoms with Crippen LogP contribution >= 0.6 is 11.6 Å². The van der Waals surface area contributed by atoms with Gasteiger partial charge < -0.3 is 9.32 Å². The Kier molecular flexibility index (Phi) is 5.69. The first-order chi connectivity index (χ1) is 14.0. The number of hydrogen-bond acceptors (Lipinski definition) is 5. The third-order valence-corrected chi connectivity index (χ3v) is 5.64. The molecule has 2 aliphatic rings. The van der Waals surface area contributed by atoms with Gasteiger partial charge in [0.15, 0.2) is 0 Å². The Bertz CT molecular complexity index is 903. The summed E-state index contributed by atoms with van der Waals surface area (Å²) in [5.41, 5.74) is 1.77. The van der Waals surface area contributed by atoms with Gasteiger partial charge in [0.05, 0.1) is 18.5 Å². The first-order valence-corrected chi connectivity index (χ1v) is 10.1. The molecule has 1 fully saturated rings. The van der Waals surface area contributed by atoms with Crippen LogP contribution in [0.1, 0.15) is 30.7 Å². The number of carbonyl (C=O) groups is 2. The van der Waals surface area contributed by atoms with Gasteiger partial charge in [0.25, 0.3) is 5.91 Å². The Morgan fingerprint density at radius 1 is 1.14 bits per heavy atom. The molecule has 1 saturated heterocycles. The molecule has 0 unspecified atom stereocenters. The Balaban J connectivity index is 1.49. The molecule has 3 heterocycles. The lowest BCUT2D eigenvalue weighted by atomic mass is 10.0. The van der Waals surface area contributed by atoms with Crippen molar-refractivity contribution in [3.05, 3.63) is 59.0 Å². The standard InChI is InChI=1S/C21H23ClN4O3/c1-15(27)25-10-8-24(9-11-25)14-21(28)26-19(20-3-2-12-29-20)13-18(23-26)16-4-6-17(22)7-5-16/h2-7,12,19H,8-11,13-14H2,1H3/t19-/m1/s1. The molecule has 1 aromatic carbocycles. The van der Waals surface area contributed by atoms with E-state index in [4.69, 9.17) is 16.0 Å². The summed E-state index contributed by atoms with van der Waals surface area (Å²) in [6.45, 7) is 4.48. The highest BCUT2D eigenvalue weighted by Crippen LogP contribution is 2.33. The van der Waals surface area contributed by atoms with Crippen molar-refractivity contribution in [1.82, 2.24) is 14.8 Å². The lowest BCUT2D eigenvalue weighted by molar-refractivity contribution is -0.135. The summed E-state index contributed by atoms with van der Waals surface area (Å²) in [5, 5.41) is 6.84. The SMILES string of the molecule is CC(=O)N1CCN(CC(=O)N2N=C(c3ccc(Cl)cc3)C[C@@H]2c2ccco2)CC1. The summed E-state index contributed by atoms with van der Waals surface area (Å²) in [5.74, 6) is 0.713. The van der Waals surface area contributed by atoms with Gasteiger partial charge in [0.2, 0.25) is 5.91 Å². The third kappa shape index (κ3) is 4.36. The number of piperazine rings is 1. The average molecular weight is 415 g/mol. The Labute approximate surface area is 174 Å². The number of halogens is 1. The van der Waals surface area contributed by atoms with Gasteiger partial charge in [0, 0.05) is 44.5 Å². The second-order valence-corrected chi connectivity index (χ2v) is 7.75. The lowest BCUT2D eigenvalue weighted by Gasteiger charge is -2.34. The van der Waals surface area contributed by atoms with E-state index in [1.54, 1.807) is 23.1 Å². The van der Waals surface area contributed by atoms with Crippen LogP contribution in [0.15, 0.2) is 52.2 Å². The van der Waals surface area contributed by atoms with Gasteiger partial charge in [-0.05, 0) is 29.8 Å². The zero-order valence-corrected chi connectivity index (χ0v) is 17.0. The molecule has 0 spiro atoms. The molecule has 0 bridgehead atoms. The molecule has 0 radical (unpaired) electrons. The molecular weight excluding hydrogens is 392 g/mol. The number of furan rings is 1. The molecule has 2 aromatic rings. The van der Waals surface area contributed by atoms with E-state index in [1.807, 2.05) is 36.4 Å². The van der Waals surface area contributed by atoms with Crippen LogP contribution in [0.5, 0.6) is 0 Å². The highest BCUT2D eigenvalue weighted by Gasteiger charge is 2.35. The number of amides is 2. The summed E-state index contributed by atoms with van der Waals surface area (Å²) in [6, 6.07) is 10.9. The summed E-state index contributed by atoms with van der Waals surface area (Å²) in [6.07, 6.45) is 2.19. The van der Waals surface area contributed by atoms with Crippen molar-refractivity contribution in [3.63, 3.8) is 0 Å². The van der Waals surface area contributed by atoms with Gasteiger partial charge in [-0.25, -0.2) is 5.01 Å². The summed E-state index contributed by atoms with van der Waals surface area (Å²) in [4.78, 5) is 28.5. The summed E-state index contributed by atoms with van der Waals surface area (Å²) >= 11 is 6.00. The van der Waals surface area contributed by atoms with Crippen LogP contribution in [0.2, 0.25) is 5.02 Å². The molecule has 152 valence electrons. The van der Waals surface area contributed by atoms with Gasteiger partial charge >= 0.3 is 0 Å². The fraction of sp³-hybridized carbons (Fsp3) is 0.381. The predicted molar refractivity (Wildman–Crippen MR) is 110 cm³/mol. The molecule has 2 amide bonds. The topological polar surface area (TPSA) is 69.4 Å². The molecule has 7 nitrogen and oxygen atoms in total. The van der Waals surface area contributed by atoms with Crippen LogP contribution < -0.4 is 0 Å². The molecule has 29 heavy (non-hydrogen) atoms. The molecule has 8 heteroatoms. The van der Waals surface area contributed by atoms with E-state index in [2.05, 4.69) is 10.0 Å². The maximum Gasteiger partial charge on any atom is 0.257 e. The van der Waals surface area contributed by atoms with Gasteiger partial charge in [-0.1, -0.05) is 23.7 Å². The van der Waals surface area contributed by atoms with Gasteiger partial charge in [-0.2, -0.15) is 5.10 Å². The molecule has 1 aromatic heterocycles. The second kappa shape index (κ2) is 8.39. The first kappa shape index (κ1) is 19.7. The van der Waals surface area contributed by atoms with Crippen molar-refractivity contribution in [2.24, 2.45) is 5.10 Å². The third-order valence-electron chi connectivity index (χ3n) is 5.39. The quantitative estimate of drug-likeness (QED) is 0.771. The Morgan fingerprint density at radius 3 is 2.48 bits per heavy atom. The van der Waals surface area contributed by atoms with Crippen molar-refractivity contribution in [3.8, 4) is 0 Å². The van der Waals surface area contributed by atoms with Crippen molar-refractivity contribution in [2.75, 3.05) is 32.7 Å². The minimum Gasteiger partial charge on any atom is -0.467 e. The average Bonchev–Trinajstić information content (AvgIpc) is 3.39. The lowest BCUT2D eigenvalue weighted by Crippen LogP contribution is -2.50. The summed E-state index contributed by atoms with van der Waals surface area (Å²) < 4.78 is 5.59. The fourth-order valence-corrected chi connectivity index (χ4v) is 3.87. The molecule has 0 aliphatic carbocycles. The van der Waals surface area contributed by atoms with E-state index >= 15 is 0 Å². The number of carbonyl (C=O) groups excluding carboxylic acids is 2. The minimum atomic E-state index is -0.262. The molecule has 0 N–H and O–H groups in total. The van der Waals surface area contributed by atoms with E-state index in [-0.39, 0.29) is 24.4 Å². The molecule has 1 atom stereocenters. The van der Waals surface area contributed by atoms with E-state index in [9.17, 15) is 9.59 Å². The number of rotatable bonds is 4. The Morgan fingerprint density at radius 2 is 1.86 bits per heavy atom. The summed E-state index contributed by atoms with van der Waals surface area (Å²) in [7, 11) is 0. The van der Waals surface area contributed by atoms with Gasteiger partial charge in [-0.3, -0.25) is 14.5 Å². The van der Waals surface area contributed by atoms with Crippen LogP contribution in [-0.2, 0) is 9.59 Å². The second-order valence-electron chi connectivity index (χ2n) is 7.31. The fourth-order valence-electron chi connectivity index (χ4n) is 3.74. The minimum absolute atomic E-state index is 0.0746. The number of benzene rings is 1. The zero-order valence-electron chi connectivity index (χ0n) is 16.3. The molecule has 0 saturated carbocycles. The monoisotopic (exact) mass is 414 g/mol. The highest BCUT2D eigenvalue weighted by atomic mass is 35.5.